The largest absolute Gasteiger partial charge is 0.480 e. The molecule has 5 aromatic rings. The molecule has 0 unspecified atom stereocenters. The molecule has 0 spiro atoms. The molecule has 0 bridgehead atoms. The van der Waals surface area contributed by atoms with E-state index >= 15 is 0 Å². The third kappa shape index (κ3) is 6.20. The minimum atomic E-state index is -4.35. The van der Waals surface area contributed by atoms with Gasteiger partial charge in [0.25, 0.3) is 15.9 Å². The van der Waals surface area contributed by atoms with Crippen LogP contribution in [0.3, 0.4) is 0 Å². The molecule has 1 heterocycles. The van der Waals surface area contributed by atoms with E-state index < -0.39 is 38.1 Å². The van der Waals surface area contributed by atoms with Crippen LogP contribution in [0.25, 0.3) is 22.2 Å². The number of nitrogens with zero attached hydrogens (tertiary/aromatic N) is 3. The zero-order chi connectivity index (χ0) is 29.4. The molecule has 10 nitrogen and oxygen atoms in total. The Labute approximate surface area is 244 Å². The van der Waals surface area contributed by atoms with Crippen molar-refractivity contribution in [1.82, 2.24) is 10.1 Å². The van der Waals surface area contributed by atoms with E-state index in [4.69, 9.17) is 27.7 Å². The number of fused-ring (bicyclic) bond motifs is 1. The molecule has 0 fully saturated rings. The predicted octanol–water partition coefficient (Wildman–Crippen LogP) is 5.45. The molecule has 5 rings (SSSR count). The number of anilines is 1. The van der Waals surface area contributed by atoms with Crippen molar-refractivity contribution in [3.05, 3.63) is 101 Å². The van der Waals surface area contributed by atoms with Gasteiger partial charge in [0, 0.05) is 15.6 Å². The maximum atomic E-state index is 13.4. The van der Waals surface area contributed by atoms with Crippen molar-refractivity contribution in [2.75, 3.05) is 10.8 Å². The number of carboxylic acid groups (broad SMARTS) is 1. The standard InChI is InChI=1S/C27H19Cl2N3O7S2/c28-20-12-21(29)14-24(13-20)41(37,38)32(15-26(33)34)22-9-8-17-10-19(7-6-18(17)11-22)27-30-25(31-39-27)16-40(35,36)23-4-2-1-3-5-23/h1-14H,15-16H2,(H,33,34). The van der Waals surface area contributed by atoms with Crippen molar-refractivity contribution in [2.24, 2.45) is 0 Å². The average Bonchev–Trinajstić information content (AvgIpc) is 3.38. The lowest BCUT2D eigenvalue weighted by atomic mass is 10.1. The molecule has 4 aromatic carbocycles. The number of aromatic nitrogens is 2. The van der Waals surface area contributed by atoms with Gasteiger partial charge < -0.3 is 9.63 Å². The second kappa shape index (κ2) is 11.1. The van der Waals surface area contributed by atoms with Gasteiger partial charge in [-0.15, -0.1) is 0 Å². The Morgan fingerprint density at radius 1 is 0.829 bits per heavy atom. The van der Waals surface area contributed by atoms with E-state index in [0.29, 0.717) is 16.3 Å². The summed E-state index contributed by atoms with van der Waals surface area (Å²) in [7, 11) is -8.02. The molecule has 210 valence electrons. The second-order valence-corrected chi connectivity index (χ2v) is 13.6. The highest BCUT2D eigenvalue weighted by Gasteiger charge is 2.28. The molecule has 0 aliphatic carbocycles. The summed E-state index contributed by atoms with van der Waals surface area (Å²) in [6, 6.07) is 21.3. The van der Waals surface area contributed by atoms with Crippen molar-refractivity contribution in [1.29, 1.82) is 0 Å². The van der Waals surface area contributed by atoms with E-state index in [-0.39, 0.29) is 37.2 Å². The molecule has 0 saturated carbocycles. The molecular weight excluding hydrogens is 613 g/mol. The van der Waals surface area contributed by atoms with Crippen LogP contribution in [0.15, 0.2) is 99.2 Å². The van der Waals surface area contributed by atoms with Gasteiger partial charge in [-0.3, -0.25) is 9.10 Å². The molecule has 0 aliphatic rings. The van der Waals surface area contributed by atoms with Crippen molar-refractivity contribution in [3.8, 4) is 11.5 Å². The number of hydrogen-bond donors (Lipinski definition) is 1. The molecule has 0 saturated heterocycles. The summed E-state index contributed by atoms with van der Waals surface area (Å²) in [5.41, 5.74) is 0.611. The fourth-order valence-electron chi connectivity index (χ4n) is 4.07. The summed E-state index contributed by atoms with van der Waals surface area (Å²) in [6.07, 6.45) is 0. The predicted molar refractivity (Wildman–Crippen MR) is 153 cm³/mol. The normalized spacial score (nSPS) is 12.0. The Bertz CT molecular complexity index is 1980. The molecule has 41 heavy (non-hydrogen) atoms. The molecule has 1 N–H and O–H groups in total. The van der Waals surface area contributed by atoms with E-state index in [0.717, 1.165) is 4.31 Å². The number of hydrogen-bond acceptors (Lipinski definition) is 8. The monoisotopic (exact) mass is 631 g/mol. The first-order chi connectivity index (χ1) is 19.4. The zero-order valence-electron chi connectivity index (χ0n) is 20.8. The summed E-state index contributed by atoms with van der Waals surface area (Å²) in [4.78, 5) is 15.7. The van der Waals surface area contributed by atoms with Gasteiger partial charge in [-0.1, -0.05) is 58.7 Å². The van der Waals surface area contributed by atoms with Gasteiger partial charge in [-0.25, -0.2) is 16.8 Å². The summed E-state index contributed by atoms with van der Waals surface area (Å²) in [6.45, 7) is -0.841. The summed E-state index contributed by atoms with van der Waals surface area (Å²) < 4.78 is 58.2. The number of carbonyl (C=O) groups is 1. The minimum Gasteiger partial charge on any atom is -0.480 e. The average molecular weight is 633 g/mol. The quantitative estimate of drug-likeness (QED) is 0.224. The number of carboxylic acids is 1. The minimum absolute atomic E-state index is 0.00469. The van der Waals surface area contributed by atoms with Crippen LogP contribution >= 0.6 is 23.2 Å². The second-order valence-electron chi connectivity index (χ2n) is 8.84. The molecule has 0 aliphatic heterocycles. The maximum absolute atomic E-state index is 13.4. The molecule has 1 aromatic heterocycles. The molecule has 0 amide bonds. The van der Waals surface area contributed by atoms with Crippen LogP contribution < -0.4 is 4.31 Å². The van der Waals surface area contributed by atoms with Crippen molar-refractivity contribution in [2.45, 2.75) is 15.5 Å². The smallest absolute Gasteiger partial charge is 0.324 e. The first-order valence-electron chi connectivity index (χ1n) is 11.8. The van der Waals surface area contributed by atoms with Gasteiger partial charge in [0.15, 0.2) is 15.7 Å². The van der Waals surface area contributed by atoms with Gasteiger partial charge in [0.2, 0.25) is 0 Å². The molecule has 14 heteroatoms. The Balaban J connectivity index is 1.45. The highest BCUT2D eigenvalue weighted by atomic mass is 35.5. The first kappa shape index (κ1) is 28.6. The maximum Gasteiger partial charge on any atom is 0.324 e. The fraction of sp³-hybridized carbons (Fsp3) is 0.0741. The molecule has 0 atom stereocenters. The van der Waals surface area contributed by atoms with Gasteiger partial charge in [-0.2, -0.15) is 4.98 Å². The molecule has 0 radical (unpaired) electrons. The highest BCUT2D eigenvalue weighted by molar-refractivity contribution is 7.93. The topological polar surface area (TPSA) is 148 Å². The number of sulfonamides is 1. The van der Waals surface area contributed by atoms with Crippen LogP contribution in [0, 0.1) is 0 Å². The molecular formula is C27H19Cl2N3O7S2. The number of sulfone groups is 1. The zero-order valence-corrected chi connectivity index (χ0v) is 24.0. The SMILES string of the molecule is O=C(O)CN(c1ccc2cc(-c3nc(CS(=O)(=O)c4ccccc4)no3)ccc2c1)S(=O)(=O)c1cc(Cl)cc(Cl)c1. The lowest BCUT2D eigenvalue weighted by Gasteiger charge is -2.23. The first-order valence-corrected chi connectivity index (χ1v) is 15.6. The summed E-state index contributed by atoms with van der Waals surface area (Å²) in [5.74, 6) is -1.71. The van der Waals surface area contributed by atoms with E-state index in [1.54, 1.807) is 42.5 Å². The van der Waals surface area contributed by atoms with Gasteiger partial charge in [0.1, 0.15) is 12.3 Å². The Hall–Kier alpha value is -3.97. The lowest BCUT2D eigenvalue weighted by Crippen LogP contribution is -2.35. The van der Waals surface area contributed by atoms with Gasteiger partial charge in [-0.05, 0) is 65.4 Å². The van der Waals surface area contributed by atoms with Crippen LogP contribution in [0.4, 0.5) is 5.69 Å². The van der Waals surface area contributed by atoms with Crippen LogP contribution in [0.2, 0.25) is 10.0 Å². The van der Waals surface area contributed by atoms with Crippen LogP contribution in [0.5, 0.6) is 0 Å². The summed E-state index contributed by atoms with van der Waals surface area (Å²) >= 11 is 12.0. The Kier molecular flexibility index (Phi) is 7.75. The van der Waals surface area contributed by atoms with E-state index in [9.17, 15) is 26.7 Å². The number of halogens is 2. The van der Waals surface area contributed by atoms with Crippen LogP contribution in [-0.4, -0.2) is 44.6 Å². The van der Waals surface area contributed by atoms with E-state index in [1.807, 2.05) is 0 Å². The van der Waals surface area contributed by atoms with Crippen LogP contribution in [0.1, 0.15) is 5.82 Å². The fourth-order valence-corrected chi connectivity index (χ4v) is 7.40. The van der Waals surface area contributed by atoms with Crippen LogP contribution in [-0.2, 0) is 30.4 Å². The van der Waals surface area contributed by atoms with Crippen molar-refractivity contribution >= 4 is 65.5 Å². The van der Waals surface area contributed by atoms with E-state index in [2.05, 4.69) is 10.1 Å². The number of aliphatic carboxylic acids is 1. The van der Waals surface area contributed by atoms with Crippen molar-refractivity contribution in [3.63, 3.8) is 0 Å². The van der Waals surface area contributed by atoms with E-state index in [1.165, 1.54) is 42.5 Å². The highest BCUT2D eigenvalue weighted by Crippen LogP contribution is 2.31. The van der Waals surface area contributed by atoms with Crippen molar-refractivity contribution < 1.29 is 31.3 Å². The Morgan fingerprint density at radius 3 is 2.17 bits per heavy atom. The number of benzene rings is 4. The lowest BCUT2D eigenvalue weighted by molar-refractivity contribution is -0.135. The Morgan fingerprint density at radius 2 is 1.49 bits per heavy atom. The van der Waals surface area contributed by atoms with Gasteiger partial charge >= 0.3 is 5.97 Å². The summed E-state index contributed by atoms with van der Waals surface area (Å²) in [5, 5.41) is 14.7. The van der Waals surface area contributed by atoms with Gasteiger partial charge in [0.05, 0.1) is 15.5 Å². The third-order valence-corrected chi connectivity index (χ3v) is 9.77. The number of rotatable bonds is 9. The third-order valence-electron chi connectivity index (χ3n) is 5.95.